The Hall–Kier alpha value is -2.10. The van der Waals surface area contributed by atoms with Gasteiger partial charge in [-0.05, 0) is 42.3 Å². The number of pyridine rings is 1. The number of hydrogen-bond acceptors (Lipinski definition) is 2. The van der Waals surface area contributed by atoms with Crippen molar-refractivity contribution in [3.05, 3.63) is 63.8 Å². The van der Waals surface area contributed by atoms with Crippen LogP contribution in [-0.2, 0) is 0 Å². The lowest BCUT2D eigenvalue weighted by molar-refractivity contribution is 0.0697. The summed E-state index contributed by atoms with van der Waals surface area (Å²) in [4.78, 5) is 15.6. The average Bonchev–Trinajstić information content (AvgIpc) is 2.49. The summed E-state index contributed by atoms with van der Waals surface area (Å²) < 4.78 is 0. The molecule has 0 aliphatic carbocycles. The normalized spacial score (nSPS) is 10.9. The van der Waals surface area contributed by atoms with Crippen LogP contribution >= 0.6 is 23.2 Å². The van der Waals surface area contributed by atoms with Crippen molar-refractivity contribution in [1.82, 2.24) is 4.98 Å². The Labute approximate surface area is 137 Å². The lowest BCUT2D eigenvalue weighted by Gasteiger charge is -2.11. The summed E-state index contributed by atoms with van der Waals surface area (Å²) in [5, 5.41) is 10.9. The molecule has 0 amide bonds. The highest BCUT2D eigenvalue weighted by molar-refractivity contribution is 6.44. The first-order chi connectivity index (χ1) is 10.5. The SMILES string of the molecule is Cc1cc(C(=O)O)cc2c(-c3cccc(Cl)c3Cl)ccnc12. The molecule has 2 aromatic carbocycles. The molecule has 1 N–H and O–H groups in total. The molecule has 0 saturated carbocycles. The maximum Gasteiger partial charge on any atom is 0.335 e. The fourth-order valence-corrected chi connectivity index (χ4v) is 2.90. The molecule has 1 aromatic heterocycles. The molecular weight excluding hydrogens is 321 g/mol. The summed E-state index contributed by atoms with van der Waals surface area (Å²) in [5.41, 5.74) is 3.33. The van der Waals surface area contributed by atoms with Gasteiger partial charge in [-0.2, -0.15) is 0 Å². The van der Waals surface area contributed by atoms with Crippen molar-refractivity contribution < 1.29 is 9.90 Å². The highest BCUT2D eigenvalue weighted by Crippen LogP contribution is 2.37. The second-order valence-corrected chi connectivity index (χ2v) is 5.74. The molecule has 0 atom stereocenters. The number of rotatable bonds is 2. The largest absolute Gasteiger partial charge is 0.478 e. The van der Waals surface area contributed by atoms with Gasteiger partial charge in [-0.25, -0.2) is 4.79 Å². The van der Waals surface area contributed by atoms with Crippen LogP contribution in [0.15, 0.2) is 42.6 Å². The molecule has 22 heavy (non-hydrogen) atoms. The van der Waals surface area contributed by atoms with E-state index < -0.39 is 5.97 Å². The van der Waals surface area contributed by atoms with Crippen LogP contribution in [0.25, 0.3) is 22.0 Å². The van der Waals surface area contributed by atoms with Crippen molar-refractivity contribution in [1.29, 1.82) is 0 Å². The number of halogens is 2. The second kappa shape index (κ2) is 5.59. The van der Waals surface area contributed by atoms with Gasteiger partial charge in [0.2, 0.25) is 0 Å². The van der Waals surface area contributed by atoms with Gasteiger partial charge in [-0.3, -0.25) is 4.98 Å². The third-order valence-electron chi connectivity index (χ3n) is 3.52. The maximum atomic E-state index is 11.3. The quantitative estimate of drug-likeness (QED) is 0.700. The van der Waals surface area contributed by atoms with Crippen LogP contribution < -0.4 is 0 Å². The predicted octanol–water partition coefficient (Wildman–Crippen LogP) is 5.22. The molecule has 0 bridgehead atoms. The fraction of sp³-hybridized carbons (Fsp3) is 0.0588. The van der Waals surface area contributed by atoms with E-state index in [9.17, 15) is 9.90 Å². The number of carboxylic acids is 1. The van der Waals surface area contributed by atoms with E-state index in [1.54, 1.807) is 24.4 Å². The summed E-state index contributed by atoms with van der Waals surface area (Å²) in [6.07, 6.45) is 1.68. The zero-order chi connectivity index (χ0) is 15.9. The number of aromatic nitrogens is 1. The molecule has 3 aromatic rings. The van der Waals surface area contributed by atoms with E-state index in [1.807, 2.05) is 25.1 Å². The number of fused-ring (bicyclic) bond motifs is 1. The van der Waals surface area contributed by atoms with Crippen molar-refractivity contribution in [2.24, 2.45) is 0 Å². The van der Waals surface area contributed by atoms with Gasteiger partial charge in [0.1, 0.15) is 0 Å². The Morgan fingerprint density at radius 2 is 1.91 bits per heavy atom. The summed E-state index contributed by atoms with van der Waals surface area (Å²) in [6.45, 7) is 1.84. The summed E-state index contributed by atoms with van der Waals surface area (Å²) >= 11 is 12.4. The standard InChI is InChI=1S/C17H11Cl2NO2/c1-9-7-10(17(21)22)8-13-11(5-6-20-16(9)13)12-3-2-4-14(18)15(12)19/h2-8H,1H3,(H,21,22). The lowest BCUT2D eigenvalue weighted by atomic mass is 9.97. The van der Waals surface area contributed by atoms with Crippen LogP contribution in [0.4, 0.5) is 0 Å². The van der Waals surface area contributed by atoms with Crippen molar-refractivity contribution in [2.45, 2.75) is 6.92 Å². The minimum atomic E-state index is -0.975. The topological polar surface area (TPSA) is 50.2 Å². The summed E-state index contributed by atoms with van der Waals surface area (Å²) in [6, 6.07) is 10.4. The van der Waals surface area contributed by atoms with E-state index in [-0.39, 0.29) is 5.56 Å². The molecule has 0 aliphatic rings. The van der Waals surface area contributed by atoms with Gasteiger partial charge in [-0.15, -0.1) is 0 Å². The number of aromatic carboxylic acids is 1. The summed E-state index contributed by atoms with van der Waals surface area (Å²) in [5.74, 6) is -0.975. The smallest absolute Gasteiger partial charge is 0.335 e. The second-order valence-electron chi connectivity index (χ2n) is 4.95. The first-order valence-corrected chi connectivity index (χ1v) is 7.31. The van der Waals surface area contributed by atoms with Crippen LogP contribution in [0.5, 0.6) is 0 Å². The Kier molecular flexibility index (Phi) is 3.77. The zero-order valence-corrected chi connectivity index (χ0v) is 13.1. The van der Waals surface area contributed by atoms with Crippen molar-refractivity contribution in [3.8, 4) is 11.1 Å². The first kappa shape index (κ1) is 14.8. The van der Waals surface area contributed by atoms with E-state index in [0.717, 1.165) is 27.6 Å². The monoisotopic (exact) mass is 331 g/mol. The molecule has 3 rings (SSSR count). The molecule has 0 radical (unpaired) electrons. The number of hydrogen-bond donors (Lipinski definition) is 1. The molecule has 0 aliphatic heterocycles. The number of benzene rings is 2. The van der Waals surface area contributed by atoms with Crippen LogP contribution in [-0.4, -0.2) is 16.1 Å². The van der Waals surface area contributed by atoms with Gasteiger partial charge in [0.25, 0.3) is 0 Å². The molecule has 3 nitrogen and oxygen atoms in total. The Bertz CT molecular complexity index is 907. The lowest BCUT2D eigenvalue weighted by Crippen LogP contribution is -1.98. The van der Waals surface area contributed by atoms with E-state index in [2.05, 4.69) is 4.98 Å². The molecule has 0 saturated heterocycles. The number of carbonyl (C=O) groups is 1. The van der Waals surface area contributed by atoms with Gasteiger partial charge >= 0.3 is 5.97 Å². The molecule has 0 unspecified atom stereocenters. The predicted molar refractivity (Wildman–Crippen MR) is 88.9 cm³/mol. The van der Waals surface area contributed by atoms with Crippen LogP contribution in [0.1, 0.15) is 15.9 Å². The van der Waals surface area contributed by atoms with E-state index in [4.69, 9.17) is 23.2 Å². The van der Waals surface area contributed by atoms with Crippen LogP contribution in [0.3, 0.4) is 0 Å². The van der Waals surface area contributed by atoms with Crippen LogP contribution in [0, 0.1) is 6.92 Å². The van der Waals surface area contributed by atoms with Crippen molar-refractivity contribution in [3.63, 3.8) is 0 Å². The third kappa shape index (κ3) is 2.43. The zero-order valence-electron chi connectivity index (χ0n) is 11.6. The van der Waals surface area contributed by atoms with Crippen LogP contribution in [0.2, 0.25) is 10.0 Å². The third-order valence-corrected chi connectivity index (χ3v) is 4.34. The fourth-order valence-electron chi connectivity index (χ4n) is 2.50. The van der Waals surface area contributed by atoms with Gasteiger partial charge in [0.05, 0.1) is 21.1 Å². The molecule has 110 valence electrons. The Balaban J connectivity index is 2.39. The Morgan fingerprint density at radius 1 is 1.14 bits per heavy atom. The molecule has 5 heteroatoms. The van der Waals surface area contributed by atoms with Gasteiger partial charge in [0, 0.05) is 17.1 Å². The highest BCUT2D eigenvalue weighted by Gasteiger charge is 2.14. The molecule has 1 heterocycles. The molecule has 0 spiro atoms. The Morgan fingerprint density at radius 3 is 2.64 bits per heavy atom. The van der Waals surface area contributed by atoms with Gasteiger partial charge < -0.3 is 5.11 Å². The highest BCUT2D eigenvalue weighted by atomic mass is 35.5. The minimum Gasteiger partial charge on any atom is -0.478 e. The maximum absolute atomic E-state index is 11.3. The minimum absolute atomic E-state index is 0.220. The van der Waals surface area contributed by atoms with E-state index >= 15 is 0 Å². The number of carboxylic acid groups (broad SMARTS) is 1. The van der Waals surface area contributed by atoms with Crippen molar-refractivity contribution >= 4 is 40.1 Å². The average molecular weight is 332 g/mol. The summed E-state index contributed by atoms with van der Waals surface area (Å²) in [7, 11) is 0. The van der Waals surface area contributed by atoms with E-state index in [1.165, 1.54) is 0 Å². The van der Waals surface area contributed by atoms with E-state index in [0.29, 0.717) is 10.0 Å². The number of aryl methyl sites for hydroxylation is 1. The van der Waals surface area contributed by atoms with Gasteiger partial charge in [-0.1, -0.05) is 35.3 Å². The van der Waals surface area contributed by atoms with Gasteiger partial charge in [0.15, 0.2) is 0 Å². The number of nitrogens with zero attached hydrogens (tertiary/aromatic N) is 1. The first-order valence-electron chi connectivity index (χ1n) is 6.56. The molecule has 0 fully saturated rings. The van der Waals surface area contributed by atoms with Crippen molar-refractivity contribution in [2.75, 3.05) is 0 Å². The molecular formula is C17H11Cl2NO2.